The fourth-order valence-corrected chi connectivity index (χ4v) is 3.43. The van der Waals surface area contributed by atoms with Gasteiger partial charge in [-0.25, -0.2) is 0 Å². The number of carbonyl (C=O) groups is 1. The Balaban J connectivity index is 1.69. The highest BCUT2D eigenvalue weighted by atomic mass is 35.5. The molecule has 0 atom stereocenters. The van der Waals surface area contributed by atoms with Crippen LogP contribution in [0.3, 0.4) is 0 Å². The maximum absolute atomic E-state index is 12.7. The van der Waals surface area contributed by atoms with Crippen molar-refractivity contribution in [3.8, 4) is 0 Å². The van der Waals surface area contributed by atoms with E-state index in [4.69, 9.17) is 16.3 Å². The molecule has 4 nitrogen and oxygen atoms in total. The van der Waals surface area contributed by atoms with Crippen molar-refractivity contribution in [1.29, 1.82) is 0 Å². The molecule has 0 fully saturated rings. The molecule has 1 heterocycles. The van der Waals surface area contributed by atoms with E-state index in [2.05, 4.69) is 0 Å². The van der Waals surface area contributed by atoms with Crippen molar-refractivity contribution >= 4 is 39.4 Å². The van der Waals surface area contributed by atoms with Gasteiger partial charge in [-0.3, -0.25) is 9.59 Å². The number of fused-ring (bicyclic) bond motifs is 2. The molecule has 4 rings (SSSR count). The number of esters is 1. The molecule has 0 aliphatic carbocycles. The number of benzene rings is 3. The molecule has 0 spiro atoms. The predicted octanol–water partition coefficient (Wildman–Crippen LogP) is 4.55. The van der Waals surface area contributed by atoms with E-state index in [9.17, 15) is 9.59 Å². The van der Waals surface area contributed by atoms with E-state index < -0.39 is 0 Å². The second-order valence-electron chi connectivity index (χ2n) is 6.24. The van der Waals surface area contributed by atoms with Crippen LogP contribution in [0.2, 0.25) is 5.02 Å². The molecule has 0 aliphatic heterocycles. The number of carbonyl (C=O) groups excluding carboxylic acids is 1. The van der Waals surface area contributed by atoms with Crippen molar-refractivity contribution < 1.29 is 9.53 Å². The molecule has 3 aromatic carbocycles. The third-order valence-corrected chi connectivity index (χ3v) is 4.69. The summed E-state index contributed by atoms with van der Waals surface area (Å²) in [6.07, 6.45) is 0. The van der Waals surface area contributed by atoms with Gasteiger partial charge in [0, 0.05) is 15.8 Å². The first-order valence-corrected chi connectivity index (χ1v) is 8.91. The zero-order valence-corrected chi connectivity index (χ0v) is 15.1. The summed E-state index contributed by atoms with van der Waals surface area (Å²) in [5.41, 5.74) is 2.21. The van der Waals surface area contributed by atoms with Gasteiger partial charge in [0.2, 0.25) is 0 Å². The quantitative estimate of drug-likeness (QED) is 0.387. The van der Waals surface area contributed by atoms with Crippen LogP contribution in [0.1, 0.15) is 5.56 Å². The third kappa shape index (κ3) is 3.44. The zero-order valence-electron chi connectivity index (χ0n) is 14.4. The van der Waals surface area contributed by atoms with E-state index in [1.54, 1.807) is 24.3 Å². The molecule has 0 N–H and O–H groups in total. The number of rotatable bonds is 4. The standard InChI is InChI=1S/C22H16ClNO3/c23-16-7-5-6-15(12-16)14-27-21(25)13-24-19-10-3-1-8-17(19)22(26)18-9-2-4-11-20(18)24/h1-12H,13-14H2. The number of nitrogens with zero attached hydrogens (tertiary/aromatic N) is 1. The van der Waals surface area contributed by atoms with Crippen molar-refractivity contribution in [2.75, 3.05) is 0 Å². The lowest BCUT2D eigenvalue weighted by Gasteiger charge is -2.14. The van der Waals surface area contributed by atoms with Crippen LogP contribution in [0.15, 0.2) is 77.6 Å². The maximum Gasteiger partial charge on any atom is 0.326 e. The number of hydrogen-bond donors (Lipinski definition) is 0. The topological polar surface area (TPSA) is 48.3 Å². The van der Waals surface area contributed by atoms with Crippen LogP contribution in [-0.4, -0.2) is 10.5 Å². The van der Waals surface area contributed by atoms with Gasteiger partial charge < -0.3 is 9.30 Å². The van der Waals surface area contributed by atoms with Crippen LogP contribution < -0.4 is 5.43 Å². The molecule has 27 heavy (non-hydrogen) atoms. The van der Waals surface area contributed by atoms with Gasteiger partial charge in [0.1, 0.15) is 13.2 Å². The summed E-state index contributed by atoms with van der Waals surface area (Å²) in [7, 11) is 0. The van der Waals surface area contributed by atoms with Crippen LogP contribution in [0.25, 0.3) is 21.8 Å². The Labute approximate surface area is 160 Å². The highest BCUT2D eigenvalue weighted by Crippen LogP contribution is 2.19. The van der Waals surface area contributed by atoms with Crippen molar-refractivity contribution in [3.05, 3.63) is 93.6 Å². The minimum atomic E-state index is -0.381. The average molecular weight is 378 g/mol. The largest absolute Gasteiger partial charge is 0.459 e. The van der Waals surface area contributed by atoms with Gasteiger partial charge in [-0.2, -0.15) is 0 Å². The van der Waals surface area contributed by atoms with Crippen molar-refractivity contribution in [3.63, 3.8) is 0 Å². The first-order chi connectivity index (χ1) is 13.1. The molecule has 4 aromatic rings. The van der Waals surface area contributed by atoms with Crippen LogP contribution in [-0.2, 0) is 22.7 Å². The minimum Gasteiger partial charge on any atom is -0.459 e. The number of hydrogen-bond acceptors (Lipinski definition) is 3. The third-order valence-electron chi connectivity index (χ3n) is 4.46. The molecule has 134 valence electrons. The molecule has 0 unspecified atom stereocenters. The van der Waals surface area contributed by atoms with Gasteiger partial charge in [0.25, 0.3) is 0 Å². The summed E-state index contributed by atoms with van der Waals surface area (Å²) in [5.74, 6) is -0.381. The van der Waals surface area contributed by atoms with Gasteiger partial charge >= 0.3 is 5.97 Å². The smallest absolute Gasteiger partial charge is 0.326 e. The van der Waals surface area contributed by atoms with Gasteiger partial charge in [0.15, 0.2) is 5.43 Å². The Hall–Kier alpha value is -3.11. The molecular formula is C22H16ClNO3. The monoisotopic (exact) mass is 377 g/mol. The summed E-state index contributed by atoms with van der Waals surface area (Å²) in [6, 6.07) is 21.8. The van der Waals surface area contributed by atoms with Gasteiger partial charge in [0.05, 0.1) is 11.0 Å². The lowest BCUT2D eigenvalue weighted by molar-refractivity contribution is -0.145. The summed E-state index contributed by atoms with van der Waals surface area (Å²) in [4.78, 5) is 25.2. The van der Waals surface area contributed by atoms with Crippen LogP contribution in [0.4, 0.5) is 0 Å². The highest BCUT2D eigenvalue weighted by molar-refractivity contribution is 6.30. The van der Waals surface area contributed by atoms with Crippen molar-refractivity contribution in [2.24, 2.45) is 0 Å². The molecule has 0 saturated heterocycles. The number of halogens is 1. The first-order valence-electron chi connectivity index (χ1n) is 8.54. The van der Waals surface area contributed by atoms with Gasteiger partial charge in [-0.1, -0.05) is 48.0 Å². The van der Waals surface area contributed by atoms with E-state index >= 15 is 0 Å². The number of para-hydroxylation sites is 2. The van der Waals surface area contributed by atoms with Crippen LogP contribution >= 0.6 is 11.6 Å². The lowest BCUT2D eigenvalue weighted by atomic mass is 10.1. The van der Waals surface area contributed by atoms with E-state index in [0.717, 1.165) is 5.56 Å². The Bertz CT molecular complexity index is 1150. The van der Waals surface area contributed by atoms with E-state index in [1.807, 2.05) is 53.1 Å². The Morgan fingerprint density at radius 3 is 2.15 bits per heavy atom. The Morgan fingerprint density at radius 2 is 1.52 bits per heavy atom. The van der Waals surface area contributed by atoms with Gasteiger partial charge in [-0.05, 0) is 42.0 Å². The number of ether oxygens (including phenoxy) is 1. The summed E-state index contributed by atoms with van der Waals surface area (Å²) < 4.78 is 7.24. The second kappa shape index (κ2) is 7.25. The van der Waals surface area contributed by atoms with E-state index in [0.29, 0.717) is 26.8 Å². The number of aromatic nitrogens is 1. The van der Waals surface area contributed by atoms with E-state index in [-0.39, 0.29) is 24.5 Å². The summed E-state index contributed by atoms with van der Waals surface area (Å²) in [6.45, 7) is 0.164. The minimum absolute atomic E-state index is 0.0157. The average Bonchev–Trinajstić information content (AvgIpc) is 2.70. The molecule has 0 bridgehead atoms. The highest BCUT2D eigenvalue weighted by Gasteiger charge is 2.13. The molecule has 1 aromatic heterocycles. The fourth-order valence-electron chi connectivity index (χ4n) is 3.21. The molecule has 0 saturated carbocycles. The normalized spacial score (nSPS) is 11.0. The first kappa shape index (κ1) is 17.3. The fraction of sp³-hybridized carbons (Fsp3) is 0.0909. The maximum atomic E-state index is 12.7. The van der Waals surface area contributed by atoms with Crippen LogP contribution in [0, 0.1) is 0 Å². The lowest BCUT2D eigenvalue weighted by Crippen LogP contribution is -2.18. The molecule has 0 amide bonds. The van der Waals surface area contributed by atoms with E-state index in [1.165, 1.54) is 0 Å². The molecule has 0 radical (unpaired) electrons. The summed E-state index contributed by atoms with van der Waals surface area (Å²) >= 11 is 5.96. The summed E-state index contributed by atoms with van der Waals surface area (Å²) in [5, 5.41) is 1.76. The molecular weight excluding hydrogens is 362 g/mol. The van der Waals surface area contributed by atoms with Gasteiger partial charge in [-0.15, -0.1) is 0 Å². The second-order valence-corrected chi connectivity index (χ2v) is 6.68. The SMILES string of the molecule is O=C(Cn1c2ccccc2c(=O)c2ccccc21)OCc1cccc(Cl)c1. The van der Waals surface area contributed by atoms with Crippen molar-refractivity contribution in [2.45, 2.75) is 13.2 Å². The Morgan fingerprint density at radius 1 is 0.889 bits per heavy atom. The van der Waals surface area contributed by atoms with Crippen LogP contribution in [0.5, 0.6) is 0 Å². The Kier molecular flexibility index (Phi) is 4.65. The van der Waals surface area contributed by atoms with Crippen molar-refractivity contribution in [1.82, 2.24) is 4.57 Å². The predicted molar refractivity (Wildman–Crippen MR) is 107 cm³/mol. The number of pyridine rings is 1. The zero-order chi connectivity index (χ0) is 18.8. The molecule has 0 aliphatic rings. The molecule has 5 heteroatoms.